The summed E-state index contributed by atoms with van der Waals surface area (Å²) in [5, 5.41) is 3.66. The van der Waals surface area contributed by atoms with Crippen molar-refractivity contribution in [2.75, 3.05) is 26.6 Å². The van der Waals surface area contributed by atoms with Crippen LogP contribution < -0.4 is 19.5 Å². The highest BCUT2D eigenvalue weighted by molar-refractivity contribution is 6.31. The largest absolute Gasteiger partial charge is 0.493 e. The zero-order valence-corrected chi connectivity index (χ0v) is 18.8. The molecule has 3 aromatic rings. The van der Waals surface area contributed by atoms with Crippen LogP contribution in [0.5, 0.6) is 17.2 Å². The van der Waals surface area contributed by atoms with Crippen LogP contribution >= 0.6 is 11.6 Å². The Labute approximate surface area is 192 Å². The lowest BCUT2D eigenvalue weighted by Crippen LogP contribution is -1.96. The number of ketones is 1. The molecule has 6 heteroatoms. The van der Waals surface area contributed by atoms with E-state index >= 15 is 0 Å². The average Bonchev–Trinajstić information content (AvgIpc) is 2.82. The fraction of sp³-hybridized carbons (Fsp3) is 0.115. The van der Waals surface area contributed by atoms with Crippen molar-refractivity contribution in [2.45, 2.75) is 0 Å². The number of rotatable bonds is 9. The summed E-state index contributed by atoms with van der Waals surface area (Å²) >= 11 is 5.94. The van der Waals surface area contributed by atoms with Gasteiger partial charge in [0.2, 0.25) is 5.75 Å². The van der Waals surface area contributed by atoms with Gasteiger partial charge in [-0.05, 0) is 47.5 Å². The van der Waals surface area contributed by atoms with E-state index in [0.29, 0.717) is 27.8 Å². The van der Waals surface area contributed by atoms with E-state index in [9.17, 15) is 4.79 Å². The van der Waals surface area contributed by atoms with Crippen LogP contribution in [-0.2, 0) is 0 Å². The molecule has 0 radical (unpaired) electrons. The predicted molar refractivity (Wildman–Crippen MR) is 130 cm³/mol. The third kappa shape index (κ3) is 5.93. The Balaban J connectivity index is 1.71. The molecule has 0 aliphatic rings. The Hall–Kier alpha value is -3.70. The van der Waals surface area contributed by atoms with Crippen LogP contribution in [0.3, 0.4) is 0 Å². The van der Waals surface area contributed by atoms with Gasteiger partial charge in [0.15, 0.2) is 17.3 Å². The molecule has 164 valence electrons. The number of carbonyl (C=O) groups excluding carboxylic acids is 1. The molecule has 0 aromatic heterocycles. The zero-order chi connectivity index (χ0) is 22.9. The monoisotopic (exact) mass is 449 g/mol. The maximum absolute atomic E-state index is 12.2. The first-order valence-corrected chi connectivity index (χ1v) is 10.2. The van der Waals surface area contributed by atoms with Gasteiger partial charge in [0.25, 0.3) is 0 Å². The standard InChI is InChI=1S/C26H24ClNO4/c1-30-24-15-19(16-25(31-2)26(24)32-3)11-10-18-6-4-9-22(14-18)28-13-12-23(29)20-7-5-8-21(27)17-20/h4-17,28H,1-3H3/b11-10-,13-12-. The van der Waals surface area contributed by atoms with Gasteiger partial charge >= 0.3 is 0 Å². The van der Waals surface area contributed by atoms with E-state index in [1.54, 1.807) is 51.8 Å². The first-order valence-electron chi connectivity index (χ1n) is 9.85. The van der Waals surface area contributed by atoms with Crippen molar-refractivity contribution >= 4 is 35.2 Å². The Morgan fingerprint density at radius 1 is 0.844 bits per heavy atom. The summed E-state index contributed by atoms with van der Waals surface area (Å²) in [6, 6.07) is 18.4. The van der Waals surface area contributed by atoms with Crippen molar-refractivity contribution in [3.05, 3.63) is 94.7 Å². The van der Waals surface area contributed by atoms with Crippen LogP contribution in [0.25, 0.3) is 12.2 Å². The van der Waals surface area contributed by atoms with Crippen molar-refractivity contribution in [2.24, 2.45) is 0 Å². The number of allylic oxidation sites excluding steroid dienone is 1. The number of anilines is 1. The molecule has 3 aromatic carbocycles. The minimum Gasteiger partial charge on any atom is -0.493 e. The van der Waals surface area contributed by atoms with Gasteiger partial charge in [-0.1, -0.05) is 48.0 Å². The Bertz CT molecular complexity index is 1130. The van der Waals surface area contributed by atoms with E-state index in [4.69, 9.17) is 25.8 Å². The molecule has 0 aliphatic heterocycles. The lowest BCUT2D eigenvalue weighted by molar-refractivity contribution is 0.104. The smallest absolute Gasteiger partial charge is 0.203 e. The van der Waals surface area contributed by atoms with Crippen LogP contribution in [0.4, 0.5) is 5.69 Å². The zero-order valence-electron chi connectivity index (χ0n) is 18.1. The molecule has 5 nitrogen and oxygen atoms in total. The maximum atomic E-state index is 12.2. The van der Waals surface area contributed by atoms with Gasteiger partial charge in [-0.25, -0.2) is 0 Å². The molecule has 1 N–H and O–H groups in total. The molecule has 0 saturated heterocycles. The molecule has 0 heterocycles. The van der Waals surface area contributed by atoms with E-state index < -0.39 is 0 Å². The number of carbonyl (C=O) groups is 1. The van der Waals surface area contributed by atoms with E-state index in [1.165, 1.54) is 6.08 Å². The molecule has 3 rings (SSSR count). The fourth-order valence-electron chi connectivity index (χ4n) is 3.07. The van der Waals surface area contributed by atoms with Crippen molar-refractivity contribution in [1.82, 2.24) is 0 Å². The van der Waals surface area contributed by atoms with Crippen LogP contribution in [0.2, 0.25) is 5.02 Å². The van der Waals surface area contributed by atoms with Gasteiger partial charge in [-0.15, -0.1) is 0 Å². The van der Waals surface area contributed by atoms with Gasteiger partial charge in [-0.2, -0.15) is 0 Å². The lowest BCUT2D eigenvalue weighted by atomic mass is 10.1. The topological polar surface area (TPSA) is 56.8 Å². The Morgan fingerprint density at radius 3 is 2.19 bits per heavy atom. The summed E-state index contributed by atoms with van der Waals surface area (Å²) in [7, 11) is 4.75. The fourth-order valence-corrected chi connectivity index (χ4v) is 3.26. The Morgan fingerprint density at radius 2 is 1.53 bits per heavy atom. The molecule has 32 heavy (non-hydrogen) atoms. The number of hydrogen-bond acceptors (Lipinski definition) is 5. The van der Waals surface area contributed by atoms with Crippen LogP contribution in [0.15, 0.2) is 72.9 Å². The number of ether oxygens (including phenoxy) is 3. The summed E-state index contributed by atoms with van der Waals surface area (Å²) in [5.74, 6) is 1.61. The first-order chi connectivity index (χ1) is 15.5. The van der Waals surface area contributed by atoms with Gasteiger partial charge < -0.3 is 19.5 Å². The molecule has 0 unspecified atom stereocenters. The first kappa shape index (κ1) is 23.0. The number of methoxy groups -OCH3 is 3. The third-order valence-electron chi connectivity index (χ3n) is 4.64. The molecule has 0 spiro atoms. The quantitative estimate of drug-likeness (QED) is 0.234. The molecular weight excluding hydrogens is 426 g/mol. The van der Waals surface area contributed by atoms with Crippen molar-refractivity contribution in [3.8, 4) is 17.2 Å². The van der Waals surface area contributed by atoms with Crippen molar-refractivity contribution in [1.29, 1.82) is 0 Å². The van der Waals surface area contributed by atoms with Gasteiger partial charge in [0.1, 0.15) is 0 Å². The highest BCUT2D eigenvalue weighted by atomic mass is 35.5. The molecule has 0 saturated carbocycles. The maximum Gasteiger partial charge on any atom is 0.203 e. The summed E-state index contributed by atoms with van der Waals surface area (Å²) in [5.41, 5.74) is 3.29. The SMILES string of the molecule is COc1cc(/C=C\c2cccc(N/C=C\C(=O)c3cccc(Cl)c3)c2)cc(OC)c1OC. The second-order valence-electron chi connectivity index (χ2n) is 6.77. The molecular formula is C26H24ClNO4. The predicted octanol–water partition coefficient (Wildman–Crippen LogP) is 6.34. The normalized spacial score (nSPS) is 11.0. The summed E-state index contributed by atoms with van der Waals surface area (Å²) in [6.07, 6.45) is 7.03. The van der Waals surface area contributed by atoms with E-state index in [1.807, 2.05) is 48.6 Å². The number of nitrogens with one attached hydrogen (secondary N) is 1. The molecule has 0 atom stereocenters. The summed E-state index contributed by atoms with van der Waals surface area (Å²) < 4.78 is 16.2. The van der Waals surface area contributed by atoms with Crippen molar-refractivity contribution in [3.63, 3.8) is 0 Å². The number of benzene rings is 3. The second-order valence-corrected chi connectivity index (χ2v) is 7.21. The average molecular weight is 450 g/mol. The minimum atomic E-state index is -0.126. The summed E-state index contributed by atoms with van der Waals surface area (Å²) in [4.78, 5) is 12.2. The highest BCUT2D eigenvalue weighted by Gasteiger charge is 2.12. The van der Waals surface area contributed by atoms with E-state index in [2.05, 4.69) is 5.32 Å². The minimum absolute atomic E-state index is 0.126. The lowest BCUT2D eigenvalue weighted by Gasteiger charge is -2.12. The van der Waals surface area contributed by atoms with Crippen LogP contribution in [0.1, 0.15) is 21.5 Å². The number of halogens is 1. The number of hydrogen-bond donors (Lipinski definition) is 1. The molecule has 0 bridgehead atoms. The van der Waals surface area contributed by atoms with Crippen LogP contribution in [-0.4, -0.2) is 27.1 Å². The molecule has 0 amide bonds. The molecule has 0 aliphatic carbocycles. The second kappa shape index (κ2) is 11.1. The third-order valence-corrected chi connectivity index (χ3v) is 4.87. The van der Waals surface area contributed by atoms with Crippen LogP contribution in [0, 0.1) is 0 Å². The van der Waals surface area contributed by atoms with Crippen molar-refractivity contribution < 1.29 is 19.0 Å². The van der Waals surface area contributed by atoms with Gasteiger partial charge in [0.05, 0.1) is 21.3 Å². The summed E-state index contributed by atoms with van der Waals surface area (Å²) in [6.45, 7) is 0. The molecule has 0 fully saturated rings. The Kier molecular flexibility index (Phi) is 7.95. The van der Waals surface area contributed by atoms with Gasteiger partial charge in [0, 0.05) is 28.5 Å². The highest BCUT2D eigenvalue weighted by Crippen LogP contribution is 2.38. The van der Waals surface area contributed by atoms with E-state index in [-0.39, 0.29) is 5.78 Å². The van der Waals surface area contributed by atoms with E-state index in [0.717, 1.165) is 16.8 Å². The van der Waals surface area contributed by atoms with Gasteiger partial charge in [-0.3, -0.25) is 4.79 Å².